The predicted octanol–water partition coefficient (Wildman–Crippen LogP) is 6.36. The summed E-state index contributed by atoms with van der Waals surface area (Å²) in [6.45, 7) is 7.18. The smallest absolute Gasteiger partial charge is 0.408 e. The average molecular weight is 433 g/mol. The Balaban J connectivity index is 2.20. The molecule has 0 aromatic heterocycles. The molecular weight excluding hydrogens is 388 g/mol. The molecule has 176 valence electrons. The van der Waals surface area contributed by atoms with Crippen LogP contribution < -0.4 is 10.6 Å². The first kappa shape index (κ1) is 27.0. The van der Waals surface area contributed by atoms with Crippen molar-refractivity contribution in [2.24, 2.45) is 5.92 Å². The first-order chi connectivity index (χ1) is 15.0. The Bertz CT molecular complexity index is 590. The molecule has 2 N–H and O–H groups in total. The highest BCUT2D eigenvalue weighted by atomic mass is 16.5. The van der Waals surface area contributed by atoms with E-state index >= 15 is 0 Å². The van der Waals surface area contributed by atoms with Crippen molar-refractivity contribution < 1.29 is 14.3 Å². The number of carbonyl (C=O) groups excluding carboxylic acids is 2. The van der Waals surface area contributed by atoms with Gasteiger partial charge in [0.2, 0.25) is 5.91 Å². The Morgan fingerprint density at radius 2 is 1.45 bits per heavy atom. The second-order valence-corrected chi connectivity index (χ2v) is 8.86. The standard InChI is InChI=1S/C26H44N2O3/c1-4-5-6-7-8-9-10-11-12-16-19-27-25(29)24(20-22(2)3)28-26(30)31-21-23-17-14-13-15-18-23/h13-15,17-18,22,24H,4-12,16,19-21H2,1-3H3,(H,27,29)(H,28,30)/t24-/m0/s1. The van der Waals surface area contributed by atoms with Crippen molar-refractivity contribution in [2.75, 3.05) is 6.54 Å². The molecule has 1 atom stereocenters. The Kier molecular flexibility index (Phi) is 15.3. The van der Waals surface area contributed by atoms with Crippen LogP contribution in [0.1, 0.15) is 97.0 Å². The van der Waals surface area contributed by atoms with Gasteiger partial charge < -0.3 is 15.4 Å². The molecule has 0 saturated heterocycles. The van der Waals surface area contributed by atoms with Crippen LogP contribution in [0.3, 0.4) is 0 Å². The van der Waals surface area contributed by atoms with Gasteiger partial charge in [-0.05, 0) is 24.3 Å². The fraction of sp³-hybridized carbons (Fsp3) is 0.692. The van der Waals surface area contributed by atoms with Crippen LogP contribution in [0.15, 0.2) is 30.3 Å². The quantitative estimate of drug-likeness (QED) is 0.281. The summed E-state index contributed by atoms with van der Waals surface area (Å²) in [6.07, 6.45) is 12.7. The molecule has 0 saturated carbocycles. The topological polar surface area (TPSA) is 67.4 Å². The van der Waals surface area contributed by atoms with Crippen LogP contribution >= 0.6 is 0 Å². The zero-order valence-corrected chi connectivity index (χ0v) is 20.0. The van der Waals surface area contributed by atoms with Gasteiger partial charge in [0.25, 0.3) is 0 Å². The Hall–Kier alpha value is -2.04. The van der Waals surface area contributed by atoms with E-state index in [4.69, 9.17) is 4.74 Å². The lowest BCUT2D eigenvalue weighted by atomic mass is 10.0. The van der Waals surface area contributed by atoms with E-state index in [1.165, 1.54) is 51.4 Å². The molecule has 0 bridgehead atoms. The van der Waals surface area contributed by atoms with E-state index in [0.717, 1.165) is 18.4 Å². The summed E-state index contributed by atoms with van der Waals surface area (Å²) in [5, 5.41) is 5.72. The minimum absolute atomic E-state index is 0.124. The second-order valence-electron chi connectivity index (χ2n) is 8.86. The monoisotopic (exact) mass is 432 g/mol. The summed E-state index contributed by atoms with van der Waals surface area (Å²) in [4.78, 5) is 24.7. The summed E-state index contributed by atoms with van der Waals surface area (Å²) >= 11 is 0. The molecule has 1 aromatic carbocycles. The van der Waals surface area contributed by atoms with Gasteiger partial charge >= 0.3 is 6.09 Å². The zero-order valence-electron chi connectivity index (χ0n) is 20.0. The van der Waals surface area contributed by atoms with Crippen molar-refractivity contribution in [3.05, 3.63) is 35.9 Å². The van der Waals surface area contributed by atoms with Gasteiger partial charge in [-0.15, -0.1) is 0 Å². The van der Waals surface area contributed by atoms with Crippen LogP contribution in [-0.4, -0.2) is 24.6 Å². The van der Waals surface area contributed by atoms with E-state index < -0.39 is 12.1 Å². The van der Waals surface area contributed by atoms with Gasteiger partial charge in [-0.3, -0.25) is 4.79 Å². The summed E-state index contributed by atoms with van der Waals surface area (Å²) < 4.78 is 5.27. The van der Waals surface area contributed by atoms with Gasteiger partial charge in [0.15, 0.2) is 0 Å². The lowest BCUT2D eigenvalue weighted by Crippen LogP contribution is -2.47. The molecule has 0 aliphatic rings. The fourth-order valence-electron chi connectivity index (χ4n) is 3.56. The number of alkyl carbamates (subject to hydrolysis) is 1. The minimum Gasteiger partial charge on any atom is -0.445 e. The van der Waals surface area contributed by atoms with E-state index in [0.29, 0.717) is 18.9 Å². The van der Waals surface area contributed by atoms with Gasteiger partial charge in [0.05, 0.1) is 0 Å². The van der Waals surface area contributed by atoms with Gasteiger partial charge in [-0.2, -0.15) is 0 Å². The number of benzene rings is 1. The fourth-order valence-corrected chi connectivity index (χ4v) is 3.56. The highest BCUT2D eigenvalue weighted by Gasteiger charge is 2.22. The average Bonchev–Trinajstić information content (AvgIpc) is 2.76. The number of rotatable bonds is 17. The van der Waals surface area contributed by atoms with Crippen molar-refractivity contribution in [2.45, 2.75) is 104 Å². The summed E-state index contributed by atoms with van der Waals surface area (Å²) in [5.74, 6) is 0.170. The molecule has 1 rings (SSSR count). The molecule has 0 aliphatic carbocycles. The van der Waals surface area contributed by atoms with E-state index in [-0.39, 0.29) is 12.5 Å². The molecule has 1 aromatic rings. The summed E-state index contributed by atoms with van der Waals surface area (Å²) in [5.41, 5.74) is 0.920. The molecule has 0 unspecified atom stereocenters. The molecule has 0 spiro atoms. The highest BCUT2D eigenvalue weighted by Crippen LogP contribution is 2.10. The Labute approximate surface area is 189 Å². The van der Waals surface area contributed by atoms with Gasteiger partial charge in [-0.1, -0.05) is 109 Å². The van der Waals surface area contributed by atoms with Gasteiger partial charge in [0, 0.05) is 6.54 Å². The zero-order chi connectivity index (χ0) is 22.7. The molecule has 0 fully saturated rings. The van der Waals surface area contributed by atoms with Crippen molar-refractivity contribution in [3.63, 3.8) is 0 Å². The van der Waals surface area contributed by atoms with Crippen LogP contribution in [0.25, 0.3) is 0 Å². The number of amides is 2. The predicted molar refractivity (Wildman–Crippen MR) is 128 cm³/mol. The van der Waals surface area contributed by atoms with Gasteiger partial charge in [0.1, 0.15) is 12.6 Å². The molecule has 5 nitrogen and oxygen atoms in total. The normalized spacial score (nSPS) is 11.9. The second kappa shape index (κ2) is 17.6. The van der Waals surface area contributed by atoms with Crippen LogP contribution in [0.4, 0.5) is 4.79 Å². The van der Waals surface area contributed by atoms with Gasteiger partial charge in [-0.25, -0.2) is 4.79 Å². The third-order valence-corrected chi connectivity index (χ3v) is 5.36. The Morgan fingerprint density at radius 3 is 2.03 bits per heavy atom. The highest BCUT2D eigenvalue weighted by molar-refractivity contribution is 5.85. The van der Waals surface area contributed by atoms with Crippen LogP contribution in [0, 0.1) is 5.92 Å². The molecular formula is C26H44N2O3. The maximum absolute atomic E-state index is 12.6. The lowest BCUT2D eigenvalue weighted by Gasteiger charge is -2.20. The van der Waals surface area contributed by atoms with E-state index in [1.54, 1.807) is 0 Å². The number of carbonyl (C=O) groups is 2. The number of nitrogens with one attached hydrogen (secondary N) is 2. The number of hydrogen-bond acceptors (Lipinski definition) is 3. The minimum atomic E-state index is -0.564. The third kappa shape index (κ3) is 14.6. The largest absolute Gasteiger partial charge is 0.445 e. The summed E-state index contributed by atoms with van der Waals surface area (Å²) in [6, 6.07) is 8.96. The van der Waals surface area contributed by atoms with Crippen molar-refractivity contribution in [1.29, 1.82) is 0 Å². The molecule has 5 heteroatoms. The first-order valence-corrected chi connectivity index (χ1v) is 12.3. The van der Waals surface area contributed by atoms with Crippen molar-refractivity contribution in [1.82, 2.24) is 10.6 Å². The lowest BCUT2D eigenvalue weighted by molar-refractivity contribution is -0.123. The first-order valence-electron chi connectivity index (χ1n) is 12.3. The maximum atomic E-state index is 12.6. The van der Waals surface area contributed by atoms with Crippen molar-refractivity contribution in [3.8, 4) is 0 Å². The van der Waals surface area contributed by atoms with E-state index in [9.17, 15) is 9.59 Å². The van der Waals surface area contributed by atoms with Crippen LogP contribution in [-0.2, 0) is 16.1 Å². The number of unbranched alkanes of at least 4 members (excludes halogenated alkanes) is 9. The van der Waals surface area contributed by atoms with Crippen molar-refractivity contribution >= 4 is 12.0 Å². The summed E-state index contributed by atoms with van der Waals surface area (Å²) in [7, 11) is 0. The number of hydrogen-bond donors (Lipinski definition) is 2. The molecule has 0 radical (unpaired) electrons. The Morgan fingerprint density at radius 1 is 0.871 bits per heavy atom. The van der Waals surface area contributed by atoms with Crippen LogP contribution in [0.2, 0.25) is 0 Å². The maximum Gasteiger partial charge on any atom is 0.408 e. The molecule has 2 amide bonds. The van der Waals surface area contributed by atoms with E-state index in [1.807, 2.05) is 44.2 Å². The number of ether oxygens (including phenoxy) is 1. The molecule has 0 aliphatic heterocycles. The third-order valence-electron chi connectivity index (χ3n) is 5.36. The molecule has 0 heterocycles. The SMILES string of the molecule is CCCCCCCCCCCCNC(=O)[C@H](CC(C)C)NC(=O)OCc1ccccc1. The van der Waals surface area contributed by atoms with E-state index in [2.05, 4.69) is 17.6 Å². The molecule has 31 heavy (non-hydrogen) atoms. The van der Waals surface area contributed by atoms with Crippen LogP contribution in [0.5, 0.6) is 0 Å².